The lowest BCUT2D eigenvalue weighted by molar-refractivity contribution is 0.416. The summed E-state index contributed by atoms with van der Waals surface area (Å²) in [6.45, 7) is 1.96. The number of ether oxygens (including phenoxy) is 1. The van der Waals surface area contributed by atoms with Crippen molar-refractivity contribution < 1.29 is 9.15 Å². The third-order valence-electron chi connectivity index (χ3n) is 2.11. The molecule has 2 N–H and O–H groups in total. The summed E-state index contributed by atoms with van der Waals surface area (Å²) in [6, 6.07) is 3.71. The third kappa shape index (κ3) is 1.04. The molecule has 0 saturated heterocycles. The Labute approximate surface area is 76.1 Å². The van der Waals surface area contributed by atoms with Gasteiger partial charge < -0.3 is 14.9 Å². The molecule has 0 bridgehead atoms. The molecule has 0 aliphatic carbocycles. The van der Waals surface area contributed by atoms with Crippen LogP contribution in [0.1, 0.15) is 5.56 Å². The molecule has 2 rings (SSSR count). The highest BCUT2D eigenvalue weighted by Crippen LogP contribution is 2.33. The minimum absolute atomic E-state index is 0.651. The Hall–Kier alpha value is -1.64. The van der Waals surface area contributed by atoms with Crippen molar-refractivity contribution in [1.82, 2.24) is 0 Å². The minimum Gasteiger partial charge on any atom is -0.496 e. The van der Waals surface area contributed by atoms with Crippen LogP contribution in [0.5, 0.6) is 5.75 Å². The molecule has 0 unspecified atom stereocenters. The molecule has 0 amide bonds. The molecule has 3 heteroatoms. The first-order valence-corrected chi connectivity index (χ1v) is 4.04. The van der Waals surface area contributed by atoms with E-state index in [-0.39, 0.29) is 0 Å². The molecule has 68 valence electrons. The van der Waals surface area contributed by atoms with Gasteiger partial charge in [-0.25, -0.2) is 0 Å². The highest BCUT2D eigenvalue weighted by Gasteiger charge is 2.10. The van der Waals surface area contributed by atoms with E-state index in [1.165, 1.54) is 0 Å². The summed E-state index contributed by atoms with van der Waals surface area (Å²) in [4.78, 5) is 0. The zero-order valence-electron chi connectivity index (χ0n) is 7.63. The predicted molar refractivity (Wildman–Crippen MR) is 51.9 cm³/mol. The van der Waals surface area contributed by atoms with Crippen molar-refractivity contribution in [3.05, 3.63) is 24.0 Å². The Morgan fingerprint density at radius 2 is 2.23 bits per heavy atom. The van der Waals surface area contributed by atoms with Gasteiger partial charge in [-0.15, -0.1) is 0 Å². The van der Waals surface area contributed by atoms with Gasteiger partial charge in [0.25, 0.3) is 0 Å². The first kappa shape index (κ1) is 7.98. The lowest BCUT2D eigenvalue weighted by Crippen LogP contribution is -1.91. The molecule has 3 nitrogen and oxygen atoms in total. The van der Waals surface area contributed by atoms with Gasteiger partial charge in [-0.1, -0.05) is 0 Å². The van der Waals surface area contributed by atoms with Gasteiger partial charge in [0, 0.05) is 0 Å². The maximum absolute atomic E-state index is 5.78. The predicted octanol–water partition coefficient (Wildman–Crippen LogP) is 2.33. The molecule has 0 aliphatic heterocycles. The SMILES string of the molecule is COc1c(C)cc(N)c2occc12. The van der Waals surface area contributed by atoms with E-state index in [4.69, 9.17) is 14.9 Å². The van der Waals surface area contributed by atoms with E-state index in [0.717, 1.165) is 16.7 Å². The first-order valence-electron chi connectivity index (χ1n) is 4.04. The van der Waals surface area contributed by atoms with Crippen molar-refractivity contribution in [2.24, 2.45) is 0 Å². The molecule has 1 heterocycles. The zero-order chi connectivity index (χ0) is 9.42. The van der Waals surface area contributed by atoms with Crippen LogP contribution < -0.4 is 10.5 Å². The van der Waals surface area contributed by atoms with Crippen molar-refractivity contribution in [3.63, 3.8) is 0 Å². The van der Waals surface area contributed by atoms with Crippen LogP contribution in [0.3, 0.4) is 0 Å². The van der Waals surface area contributed by atoms with Crippen LogP contribution in [-0.4, -0.2) is 7.11 Å². The van der Waals surface area contributed by atoms with E-state index in [9.17, 15) is 0 Å². The maximum Gasteiger partial charge on any atom is 0.160 e. The number of fused-ring (bicyclic) bond motifs is 1. The quantitative estimate of drug-likeness (QED) is 0.680. The van der Waals surface area contributed by atoms with E-state index in [0.29, 0.717) is 11.3 Å². The third-order valence-corrected chi connectivity index (χ3v) is 2.11. The van der Waals surface area contributed by atoms with Crippen molar-refractivity contribution >= 4 is 16.7 Å². The van der Waals surface area contributed by atoms with Crippen molar-refractivity contribution in [1.29, 1.82) is 0 Å². The Kier molecular flexibility index (Phi) is 1.65. The van der Waals surface area contributed by atoms with E-state index < -0.39 is 0 Å². The van der Waals surface area contributed by atoms with Crippen LogP contribution in [0, 0.1) is 6.92 Å². The van der Waals surface area contributed by atoms with Crippen LogP contribution in [0.4, 0.5) is 5.69 Å². The van der Waals surface area contributed by atoms with Gasteiger partial charge in [-0.05, 0) is 24.6 Å². The minimum atomic E-state index is 0.651. The van der Waals surface area contributed by atoms with Gasteiger partial charge in [-0.3, -0.25) is 0 Å². The largest absolute Gasteiger partial charge is 0.496 e. The van der Waals surface area contributed by atoms with Crippen molar-refractivity contribution in [3.8, 4) is 5.75 Å². The fraction of sp³-hybridized carbons (Fsp3) is 0.200. The van der Waals surface area contributed by atoms with Gasteiger partial charge in [0.05, 0.1) is 24.4 Å². The number of furan rings is 1. The maximum atomic E-state index is 5.78. The zero-order valence-corrected chi connectivity index (χ0v) is 7.63. The first-order chi connectivity index (χ1) is 6.24. The Bertz CT molecular complexity index is 445. The number of anilines is 1. The second-order valence-corrected chi connectivity index (χ2v) is 2.98. The molecule has 0 atom stereocenters. The van der Waals surface area contributed by atoms with Gasteiger partial charge >= 0.3 is 0 Å². The van der Waals surface area contributed by atoms with E-state index in [1.54, 1.807) is 13.4 Å². The number of nitrogens with two attached hydrogens (primary N) is 1. The van der Waals surface area contributed by atoms with Crippen LogP contribution in [0.2, 0.25) is 0 Å². The number of rotatable bonds is 1. The summed E-state index contributed by atoms with van der Waals surface area (Å²) in [5.74, 6) is 0.831. The van der Waals surface area contributed by atoms with Gasteiger partial charge in [0.15, 0.2) is 5.58 Å². The van der Waals surface area contributed by atoms with E-state index in [1.807, 2.05) is 19.1 Å². The second kappa shape index (κ2) is 2.69. The highest BCUT2D eigenvalue weighted by atomic mass is 16.5. The average molecular weight is 177 g/mol. The van der Waals surface area contributed by atoms with Gasteiger partial charge in [0.1, 0.15) is 5.75 Å². The fourth-order valence-electron chi connectivity index (χ4n) is 1.56. The second-order valence-electron chi connectivity index (χ2n) is 2.98. The molecule has 0 spiro atoms. The number of hydrogen-bond acceptors (Lipinski definition) is 3. The topological polar surface area (TPSA) is 48.4 Å². The Balaban J connectivity index is 2.88. The lowest BCUT2D eigenvalue weighted by Gasteiger charge is -2.06. The molecule has 1 aromatic carbocycles. The summed E-state index contributed by atoms with van der Waals surface area (Å²) in [7, 11) is 1.64. The summed E-state index contributed by atoms with van der Waals surface area (Å²) in [5.41, 5.74) is 8.15. The van der Waals surface area contributed by atoms with Crippen LogP contribution in [-0.2, 0) is 0 Å². The lowest BCUT2D eigenvalue weighted by atomic mass is 10.1. The monoisotopic (exact) mass is 177 g/mol. The molecule has 13 heavy (non-hydrogen) atoms. The van der Waals surface area contributed by atoms with Crippen molar-refractivity contribution in [2.75, 3.05) is 12.8 Å². The van der Waals surface area contributed by atoms with Gasteiger partial charge in [-0.2, -0.15) is 0 Å². The number of hydrogen-bond donors (Lipinski definition) is 1. The molecule has 2 aromatic rings. The smallest absolute Gasteiger partial charge is 0.160 e. The molecule has 0 fully saturated rings. The van der Waals surface area contributed by atoms with E-state index in [2.05, 4.69) is 0 Å². The summed E-state index contributed by atoms with van der Waals surface area (Å²) >= 11 is 0. The highest BCUT2D eigenvalue weighted by molar-refractivity contribution is 5.94. The average Bonchev–Trinajstić information content (AvgIpc) is 2.53. The molecular formula is C10H11NO2. The summed E-state index contributed by atoms with van der Waals surface area (Å²) < 4.78 is 10.5. The Morgan fingerprint density at radius 1 is 1.46 bits per heavy atom. The number of nitrogen functional groups attached to an aromatic ring is 1. The van der Waals surface area contributed by atoms with Crippen LogP contribution in [0.25, 0.3) is 11.0 Å². The normalized spacial score (nSPS) is 10.6. The molecule has 0 aliphatic rings. The number of methoxy groups -OCH3 is 1. The number of benzene rings is 1. The summed E-state index contributed by atoms with van der Waals surface area (Å²) in [6.07, 6.45) is 1.61. The number of aryl methyl sites for hydroxylation is 1. The summed E-state index contributed by atoms with van der Waals surface area (Å²) in [5, 5.41) is 0.931. The standard InChI is InChI=1S/C10H11NO2/c1-6-5-8(11)10-7(3-4-13-10)9(6)12-2/h3-5H,11H2,1-2H3. The van der Waals surface area contributed by atoms with Crippen molar-refractivity contribution in [2.45, 2.75) is 6.92 Å². The fourth-order valence-corrected chi connectivity index (χ4v) is 1.56. The van der Waals surface area contributed by atoms with Crippen LogP contribution >= 0.6 is 0 Å². The van der Waals surface area contributed by atoms with Gasteiger partial charge in [0.2, 0.25) is 0 Å². The molecular weight excluding hydrogens is 166 g/mol. The molecule has 1 aromatic heterocycles. The van der Waals surface area contributed by atoms with Crippen LogP contribution in [0.15, 0.2) is 22.8 Å². The van der Waals surface area contributed by atoms with E-state index >= 15 is 0 Å². The molecule has 0 radical (unpaired) electrons. The molecule has 0 saturated carbocycles. The Morgan fingerprint density at radius 3 is 2.92 bits per heavy atom.